The molecule has 0 aliphatic rings. The van der Waals surface area contributed by atoms with Crippen molar-refractivity contribution in [3.8, 4) is 0 Å². The normalized spacial score (nSPS) is 16.2. The maximum absolute atomic E-state index is 14.0. The number of rotatable bonds is 12. The average molecular weight is 583 g/mol. The van der Waals surface area contributed by atoms with E-state index in [9.17, 15) is 83.1 Å². The van der Waals surface area contributed by atoms with Gasteiger partial charge >= 0.3 is 47.0 Å². The molecule has 0 bridgehead atoms. The van der Waals surface area contributed by atoms with E-state index < -0.39 is 80.8 Å². The van der Waals surface area contributed by atoms with E-state index in [1.54, 1.807) is 0 Å². The number of sulfonamides is 1. The summed E-state index contributed by atoms with van der Waals surface area (Å²) in [6.07, 6.45) is -8.35. The molecule has 0 rings (SSSR count). The predicted octanol–water partition coefficient (Wildman–Crippen LogP) is 6.41. The Hall–Kier alpha value is -1.28. The van der Waals surface area contributed by atoms with Crippen LogP contribution in [0.4, 0.5) is 74.6 Å². The predicted molar refractivity (Wildman–Crippen MR) is 81.8 cm³/mol. The van der Waals surface area contributed by atoms with Gasteiger partial charge in [-0.15, -0.1) is 0 Å². The SMILES string of the molecule is CCCCN(CC)S(=O)(=O)C(F)(F)C(F)(F)C(F)(F)C(F)(F)C(F)(F)C(F)(F)C(F)(F)C(F)(F)F. The highest BCUT2D eigenvalue weighted by molar-refractivity contribution is 7.90. The number of nitrogens with zero attached hydrogens (tertiary/aromatic N) is 1. The quantitative estimate of drug-likeness (QED) is 0.250. The Morgan fingerprint density at radius 1 is 0.543 bits per heavy atom. The lowest BCUT2D eigenvalue weighted by Crippen LogP contribution is -2.75. The van der Waals surface area contributed by atoms with Gasteiger partial charge in [0.25, 0.3) is 10.0 Å². The smallest absolute Gasteiger partial charge is 0.206 e. The van der Waals surface area contributed by atoms with Gasteiger partial charge in [0.1, 0.15) is 0 Å². The highest BCUT2D eigenvalue weighted by Gasteiger charge is 2.96. The third-order valence-corrected chi connectivity index (χ3v) is 6.50. The van der Waals surface area contributed by atoms with Crippen LogP contribution in [0.5, 0.6) is 0 Å². The van der Waals surface area contributed by atoms with Crippen molar-refractivity contribution < 1.29 is 83.1 Å². The molecule has 0 fully saturated rings. The minimum Gasteiger partial charge on any atom is -0.206 e. The average Bonchev–Trinajstić information content (AvgIpc) is 2.66. The molecule has 0 aromatic carbocycles. The molecule has 0 amide bonds. The highest BCUT2D eigenvalue weighted by Crippen LogP contribution is 2.64. The molecule has 0 heterocycles. The van der Waals surface area contributed by atoms with Gasteiger partial charge in [-0.2, -0.15) is 78.9 Å². The van der Waals surface area contributed by atoms with Gasteiger partial charge in [-0.3, -0.25) is 0 Å². The molecular weight excluding hydrogens is 569 g/mol. The highest BCUT2D eigenvalue weighted by atomic mass is 32.2. The van der Waals surface area contributed by atoms with Gasteiger partial charge in [-0.05, 0) is 6.42 Å². The summed E-state index contributed by atoms with van der Waals surface area (Å²) in [7, 11) is -7.18. The first kappa shape index (κ1) is 33.7. The van der Waals surface area contributed by atoms with Gasteiger partial charge < -0.3 is 0 Å². The van der Waals surface area contributed by atoms with E-state index >= 15 is 0 Å². The van der Waals surface area contributed by atoms with Gasteiger partial charge in [0.05, 0.1) is 0 Å². The zero-order valence-electron chi connectivity index (χ0n) is 16.9. The third-order valence-electron chi connectivity index (χ3n) is 4.47. The molecule has 3 nitrogen and oxygen atoms in total. The second-order valence-electron chi connectivity index (χ2n) is 6.81. The standard InChI is InChI=1S/C14H14F17NO2S/c1-3-5-6-32(4-2)35(33,34)14(30,31)12(25,26)10(21,22)8(17,18)7(15,16)9(19,20)11(23,24)13(27,28)29/h3-6H2,1-2H3. The van der Waals surface area contributed by atoms with Crippen molar-refractivity contribution in [3.63, 3.8) is 0 Å². The maximum Gasteiger partial charge on any atom is 0.460 e. The molecule has 212 valence electrons. The first-order valence-corrected chi connectivity index (χ1v) is 10.2. The fraction of sp³-hybridized carbons (Fsp3) is 1.00. The molecule has 0 atom stereocenters. The Bertz CT molecular complexity index is 849. The van der Waals surface area contributed by atoms with Crippen LogP contribution in [0.3, 0.4) is 0 Å². The zero-order valence-corrected chi connectivity index (χ0v) is 17.7. The van der Waals surface area contributed by atoms with Crippen LogP contribution in [0.1, 0.15) is 26.7 Å². The summed E-state index contributed by atoms with van der Waals surface area (Å²) in [5.74, 6) is -51.5. The van der Waals surface area contributed by atoms with Gasteiger partial charge in [-0.1, -0.05) is 20.3 Å². The van der Waals surface area contributed by atoms with Gasteiger partial charge in [0.2, 0.25) is 0 Å². The number of hydrogen-bond acceptors (Lipinski definition) is 2. The first-order valence-electron chi connectivity index (χ1n) is 8.73. The van der Waals surface area contributed by atoms with E-state index in [-0.39, 0.29) is 6.42 Å². The fourth-order valence-electron chi connectivity index (χ4n) is 2.26. The van der Waals surface area contributed by atoms with Crippen molar-refractivity contribution in [3.05, 3.63) is 0 Å². The molecular formula is C14H14F17NO2S. The minimum absolute atomic E-state index is 0.0586. The molecule has 0 aliphatic carbocycles. The summed E-state index contributed by atoms with van der Waals surface area (Å²) in [6, 6.07) is 0. The van der Waals surface area contributed by atoms with Crippen LogP contribution in [0.25, 0.3) is 0 Å². The largest absolute Gasteiger partial charge is 0.460 e. The molecule has 0 aromatic heterocycles. The molecule has 0 aromatic rings. The molecule has 0 radical (unpaired) electrons. The summed E-state index contributed by atoms with van der Waals surface area (Å²) in [5.41, 5.74) is 0. The van der Waals surface area contributed by atoms with E-state index in [2.05, 4.69) is 0 Å². The van der Waals surface area contributed by atoms with Crippen LogP contribution in [0, 0.1) is 0 Å². The molecule has 0 saturated heterocycles. The Morgan fingerprint density at radius 3 is 1.14 bits per heavy atom. The molecule has 0 unspecified atom stereocenters. The van der Waals surface area contributed by atoms with Crippen molar-refractivity contribution in [1.82, 2.24) is 4.31 Å². The van der Waals surface area contributed by atoms with Crippen molar-refractivity contribution in [1.29, 1.82) is 0 Å². The monoisotopic (exact) mass is 583 g/mol. The number of hydrogen-bond donors (Lipinski definition) is 0. The van der Waals surface area contributed by atoms with Gasteiger partial charge in [0, 0.05) is 13.1 Å². The van der Waals surface area contributed by atoms with E-state index in [1.807, 2.05) is 0 Å². The van der Waals surface area contributed by atoms with Crippen molar-refractivity contribution in [2.45, 2.75) is 73.7 Å². The molecule has 0 saturated carbocycles. The van der Waals surface area contributed by atoms with E-state index in [1.165, 1.54) is 6.92 Å². The first-order chi connectivity index (χ1) is 15.0. The zero-order chi connectivity index (χ0) is 28.9. The molecule has 21 heteroatoms. The summed E-state index contributed by atoms with van der Waals surface area (Å²) >= 11 is 0. The Kier molecular flexibility index (Phi) is 8.89. The minimum atomic E-state index is -8.82. The topological polar surface area (TPSA) is 37.4 Å². The number of alkyl halides is 17. The Balaban J connectivity index is 6.96. The van der Waals surface area contributed by atoms with Crippen LogP contribution in [-0.2, 0) is 10.0 Å². The van der Waals surface area contributed by atoms with Gasteiger partial charge in [-0.25, -0.2) is 8.42 Å². The lowest BCUT2D eigenvalue weighted by Gasteiger charge is -2.43. The molecule has 0 spiro atoms. The van der Waals surface area contributed by atoms with Crippen LogP contribution in [-0.4, -0.2) is 72.8 Å². The van der Waals surface area contributed by atoms with Crippen molar-refractivity contribution in [2.75, 3.05) is 13.1 Å². The Morgan fingerprint density at radius 2 is 0.857 bits per heavy atom. The van der Waals surface area contributed by atoms with Crippen molar-refractivity contribution in [2.24, 2.45) is 0 Å². The number of halogens is 17. The van der Waals surface area contributed by atoms with E-state index in [0.29, 0.717) is 6.92 Å². The van der Waals surface area contributed by atoms with Gasteiger partial charge in [0.15, 0.2) is 0 Å². The molecule has 0 aliphatic heterocycles. The maximum atomic E-state index is 14.0. The molecule has 0 N–H and O–H groups in total. The summed E-state index contributed by atoms with van der Waals surface area (Å²) in [6.45, 7) is -0.458. The van der Waals surface area contributed by atoms with Crippen molar-refractivity contribution >= 4 is 10.0 Å². The molecule has 35 heavy (non-hydrogen) atoms. The van der Waals surface area contributed by atoms with Crippen LogP contribution in [0.15, 0.2) is 0 Å². The van der Waals surface area contributed by atoms with E-state index in [4.69, 9.17) is 0 Å². The lowest BCUT2D eigenvalue weighted by molar-refractivity contribution is -0.458. The fourth-order valence-corrected chi connectivity index (χ4v) is 3.74. The number of unbranched alkanes of at least 4 members (excludes halogenated alkanes) is 1. The summed E-state index contributed by atoms with van der Waals surface area (Å²) in [4.78, 5) is 0. The van der Waals surface area contributed by atoms with Crippen LogP contribution in [0.2, 0.25) is 0 Å². The lowest BCUT2D eigenvalue weighted by atomic mass is 9.91. The third kappa shape index (κ3) is 4.51. The second-order valence-corrected chi connectivity index (χ2v) is 8.79. The second kappa shape index (κ2) is 9.23. The van der Waals surface area contributed by atoms with E-state index in [0.717, 1.165) is 0 Å². The van der Waals surface area contributed by atoms with Crippen LogP contribution >= 0.6 is 0 Å². The summed E-state index contributed by atoms with van der Waals surface area (Å²) in [5, 5.41) is -7.49. The van der Waals surface area contributed by atoms with Crippen LogP contribution < -0.4 is 0 Å². The Labute approximate surface area is 185 Å². The summed E-state index contributed by atoms with van der Waals surface area (Å²) < 4.78 is 248.